The molecular weight excluding hydrogens is 562 g/mol. The maximum atomic E-state index is 14.2. The fourth-order valence-corrected chi connectivity index (χ4v) is 7.22. The van der Waals surface area contributed by atoms with Gasteiger partial charge < -0.3 is 30.3 Å². The molecule has 0 unspecified atom stereocenters. The molecule has 4 aliphatic rings. The third-order valence-electron chi connectivity index (χ3n) is 10.0. The Kier molecular flexibility index (Phi) is 8.94. The van der Waals surface area contributed by atoms with E-state index >= 15 is 0 Å². The average Bonchev–Trinajstić information content (AvgIpc) is 3.22. The second-order valence-corrected chi connectivity index (χ2v) is 14.2. The van der Waals surface area contributed by atoms with Crippen LogP contribution in [0.5, 0.6) is 0 Å². The van der Waals surface area contributed by atoms with Crippen molar-refractivity contribution >= 4 is 23.8 Å². The largest absolute Gasteiger partial charge is 0.445 e. The summed E-state index contributed by atoms with van der Waals surface area (Å²) in [5.74, 6) is -1.33. The Morgan fingerprint density at radius 1 is 1.14 bits per heavy atom. The molecule has 2 saturated carbocycles. The van der Waals surface area contributed by atoms with Gasteiger partial charge >= 0.3 is 6.09 Å². The Balaban J connectivity index is 1.30. The van der Waals surface area contributed by atoms with Gasteiger partial charge in [-0.1, -0.05) is 44.2 Å². The van der Waals surface area contributed by atoms with Gasteiger partial charge in [0.1, 0.15) is 24.7 Å². The van der Waals surface area contributed by atoms with Crippen molar-refractivity contribution in [1.82, 2.24) is 20.9 Å². The Morgan fingerprint density at radius 3 is 2.43 bits per heavy atom. The highest BCUT2D eigenvalue weighted by molar-refractivity contribution is 5.93. The Morgan fingerprint density at radius 2 is 1.84 bits per heavy atom. The van der Waals surface area contributed by atoms with E-state index in [1.165, 1.54) is 0 Å². The van der Waals surface area contributed by atoms with Crippen LogP contribution in [0.1, 0.15) is 72.3 Å². The normalized spacial score (nSPS) is 28.4. The van der Waals surface area contributed by atoms with E-state index in [-0.39, 0.29) is 53.7 Å². The number of alkyl carbamates (subject to hydrolysis) is 1. The van der Waals surface area contributed by atoms with Crippen molar-refractivity contribution in [3.63, 3.8) is 0 Å². The summed E-state index contributed by atoms with van der Waals surface area (Å²) in [6.07, 6.45) is 2.21. The summed E-state index contributed by atoms with van der Waals surface area (Å²) in [5, 5.41) is 18.4. The lowest BCUT2D eigenvalue weighted by molar-refractivity contribution is -0.147. The molecule has 3 N–H and O–H groups in total. The number of carbonyl (C=O) groups is 4. The molecule has 0 spiro atoms. The van der Waals surface area contributed by atoms with Crippen LogP contribution in [0.15, 0.2) is 30.3 Å². The van der Waals surface area contributed by atoms with Crippen LogP contribution in [0.4, 0.5) is 4.79 Å². The zero-order valence-corrected chi connectivity index (χ0v) is 26.3. The van der Waals surface area contributed by atoms with Gasteiger partial charge in [0.2, 0.25) is 17.7 Å². The molecule has 0 radical (unpaired) electrons. The van der Waals surface area contributed by atoms with Gasteiger partial charge in [0, 0.05) is 18.0 Å². The van der Waals surface area contributed by atoms with Crippen LogP contribution in [-0.2, 0) is 30.5 Å². The van der Waals surface area contributed by atoms with Crippen LogP contribution in [-0.4, -0.2) is 71.1 Å². The van der Waals surface area contributed by atoms with Crippen molar-refractivity contribution in [2.24, 2.45) is 23.2 Å². The third kappa shape index (κ3) is 6.70. The molecule has 11 heteroatoms. The SMILES string of the molecule is C[C@@H](OC1CCC1)[C@H](NC(=O)OCc1ccccc1)C(=O)N1C[C@H]2[C@@H]([C@H]1C(=O)N[C@H](C#N)C[C@@H]1CC(C)(C)NC1=O)C2(C)C. The number of likely N-dealkylation sites (tertiary alicyclic amines) is 1. The summed E-state index contributed by atoms with van der Waals surface area (Å²) in [7, 11) is 0. The van der Waals surface area contributed by atoms with Gasteiger partial charge in [0.05, 0.1) is 18.3 Å². The third-order valence-corrected chi connectivity index (χ3v) is 10.0. The van der Waals surface area contributed by atoms with Crippen LogP contribution in [0, 0.1) is 34.5 Å². The number of fused-ring (bicyclic) bond motifs is 1. The second kappa shape index (κ2) is 12.4. The maximum Gasteiger partial charge on any atom is 0.408 e. The molecule has 5 rings (SSSR count). The van der Waals surface area contributed by atoms with E-state index in [0.29, 0.717) is 13.0 Å². The fraction of sp³-hybridized carbons (Fsp3) is 0.667. The molecule has 4 fully saturated rings. The quantitative estimate of drug-likeness (QED) is 0.350. The van der Waals surface area contributed by atoms with Crippen LogP contribution in [0.2, 0.25) is 0 Å². The number of rotatable bonds is 11. The van der Waals surface area contributed by atoms with Crippen molar-refractivity contribution in [2.75, 3.05) is 6.54 Å². The molecule has 7 atom stereocenters. The minimum atomic E-state index is -1.06. The van der Waals surface area contributed by atoms with Crippen molar-refractivity contribution in [1.29, 1.82) is 5.26 Å². The molecule has 11 nitrogen and oxygen atoms in total. The summed E-state index contributed by atoms with van der Waals surface area (Å²) < 4.78 is 11.6. The standard InChI is InChI=1S/C33H45N5O6/c1-19(44-23-12-9-13-23)26(36-31(42)43-18-20-10-7-6-8-11-20)30(41)38-17-24-25(33(24,4)5)27(38)29(40)35-22(16-34)14-21-15-32(2,3)37-28(21)39/h6-8,10-11,19,21-27H,9,12-15,17-18H2,1-5H3,(H,35,40)(H,36,42)(H,37,39)/t19-,21-,22+,24+,25+,26+,27+/m1/s1. The molecule has 44 heavy (non-hydrogen) atoms. The summed E-state index contributed by atoms with van der Waals surface area (Å²) in [5.41, 5.74) is 0.296. The van der Waals surface area contributed by atoms with E-state index < -0.39 is 42.1 Å². The lowest BCUT2D eigenvalue weighted by Crippen LogP contribution is -2.60. The molecular formula is C33H45N5O6. The Hall–Kier alpha value is -3.65. The molecule has 238 valence electrons. The van der Waals surface area contributed by atoms with Crippen molar-refractivity contribution < 1.29 is 28.7 Å². The zero-order chi connectivity index (χ0) is 31.8. The number of ether oxygens (including phenoxy) is 2. The van der Waals surface area contributed by atoms with E-state index in [0.717, 1.165) is 24.8 Å². The highest BCUT2D eigenvalue weighted by Crippen LogP contribution is 2.65. The van der Waals surface area contributed by atoms with E-state index in [4.69, 9.17) is 9.47 Å². The van der Waals surface area contributed by atoms with Crippen LogP contribution in [0.3, 0.4) is 0 Å². The van der Waals surface area contributed by atoms with Crippen molar-refractivity contribution in [2.45, 2.75) is 109 Å². The van der Waals surface area contributed by atoms with Gasteiger partial charge in [-0.2, -0.15) is 5.26 Å². The van der Waals surface area contributed by atoms with Crippen molar-refractivity contribution in [3.05, 3.63) is 35.9 Å². The number of nitrogens with one attached hydrogen (secondary N) is 3. The van der Waals surface area contributed by atoms with Gasteiger partial charge in [-0.05, 0) is 75.7 Å². The lowest BCUT2D eigenvalue weighted by Gasteiger charge is -2.37. The predicted molar refractivity (Wildman–Crippen MR) is 160 cm³/mol. The fourth-order valence-electron chi connectivity index (χ4n) is 7.22. The number of carbonyl (C=O) groups excluding carboxylic acids is 4. The molecule has 4 amide bonds. The van der Waals surface area contributed by atoms with Crippen LogP contribution in [0.25, 0.3) is 0 Å². The van der Waals surface area contributed by atoms with Crippen molar-refractivity contribution in [3.8, 4) is 6.07 Å². The number of amides is 4. The smallest absolute Gasteiger partial charge is 0.408 e. The van der Waals surface area contributed by atoms with Gasteiger partial charge in [-0.15, -0.1) is 0 Å². The summed E-state index contributed by atoms with van der Waals surface area (Å²) in [4.78, 5) is 55.0. The van der Waals surface area contributed by atoms with Gasteiger partial charge in [-0.25, -0.2) is 4.79 Å². The van der Waals surface area contributed by atoms with Crippen LogP contribution < -0.4 is 16.0 Å². The minimum Gasteiger partial charge on any atom is -0.445 e. The molecule has 2 saturated heterocycles. The van der Waals surface area contributed by atoms with Gasteiger partial charge in [0.25, 0.3) is 0 Å². The highest BCUT2D eigenvalue weighted by Gasteiger charge is 2.69. The second-order valence-electron chi connectivity index (χ2n) is 14.2. The molecule has 1 aromatic carbocycles. The predicted octanol–water partition coefficient (Wildman–Crippen LogP) is 3.04. The lowest BCUT2D eigenvalue weighted by atomic mass is 9.91. The molecule has 2 aliphatic heterocycles. The summed E-state index contributed by atoms with van der Waals surface area (Å²) in [6.45, 7) is 10.2. The number of hydrogen-bond acceptors (Lipinski definition) is 7. The minimum absolute atomic E-state index is 0.0154. The molecule has 0 bridgehead atoms. The number of nitriles is 1. The average molecular weight is 608 g/mol. The molecule has 2 aliphatic carbocycles. The highest BCUT2D eigenvalue weighted by atomic mass is 16.5. The Bertz CT molecular complexity index is 1310. The van der Waals surface area contributed by atoms with E-state index in [1.807, 2.05) is 44.2 Å². The first-order valence-electron chi connectivity index (χ1n) is 15.8. The van der Waals surface area contributed by atoms with E-state index in [1.54, 1.807) is 11.8 Å². The number of piperidine rings is 1. The zero-order valence-electron chi connectivity index (χ0n) is 26.3. The van der Waals surface area contributed by atoms with E-state index in [9.17, 15) is 24.4 Å². The molecule has 0 aromatic heterocycles. The van der Waals surface area contributed by atoms with Crippen LogP contribution >= 0.6 is 0 Å². The molecule has 1 aromatic rings. The number of hydrogen-bond donors (Lipinski definition) is 3. The summed E-state index contributed by atoms with van der Waals surface area (Å²) >= 11 is 0. The summed E-state index contributed by atoms with van der Waals surface area (Å²) in [6, 6.07) is 8.64. The first kappa shape index (κ1) is 31.8. The van der Waals surface area contributed by atoms with Gasteiger partial charge in [0.15, 0.2) is 0 Å². The monoisotopic (exact) mass is 607 g/mol. The topological polar surface area (TPSA) is 150 Å². The Labute approximate surface area is 259 Å². The maximum absolute atomic E-state index is 14.2. The van der Waals surface area contributed by atoms with Gasteiger partial charge in [-0.3, -0.25) is 14.4 Å². The first-order valence-corrected chi connectivity index (χ1v) is 15.8. The molecule has 2 heterocycles. The number of nitrogens with zero attached hydrogens (tertiary/aromatic N) is 2. The van der Waals surface area contributed by atoms with E-state index in [2.05, 4.69) is 35.9 Å². The first-order chi connectivity index (χ1) is 20.8. The number of benzene rings is 1.